The molecule has 0 aliphatic carbocycles. The third-order valence-electron chi connectivity index (χ3n) is 4.05. The van der Waals surface area contributed by atoms with Crippen molar-refractivity contribution in [3.63, 3.8) is 0 Å². The Morgan fingerprint density at radius 2 is 1.34 bits per heavy atom. The molecule has 0 saturated carbocycles. The van der Waals surface area contributed by atoms with E-state index in [0.29, 0.717) is 0 Å². The predicted molar refractivity (Wildman–Crippen MR) is 99.8 cm³/mol. The van der Waals surface area contributed by atoms with E-state index in [1.54, 1.807) is 0 Å². The molecule has 0 bridgehead atoms. The first-order valence-electron chi connectivity index (χ1n) is 8.76. The van der Waals surface area contributed by atoms with Gasteiger partial charge in [-0.25, -0.2) is 4.79 Å². The average molecular weight is 457 g/mol. The summed E-state index contributed by atoms with van der Waals surface area (Å²) >= 11 is 0. The van der Waals surface area contributed by atoms with Crippen LogP contribution in [0, 0.1) is 0 Å². The number of nitrogens with zero attached hydrogens (tertiary/aromatic N) is 1. The monoisotopic (exact) mass is 457 g/mol. The van der Waals surface area contributed by atoms with E-state index in [4.69, 9.17) is 4.74 Å². The first kappa shape index (κ1) is 22.9. The van der Waals surface area contributed by atoms with Crippen LogP contribution in [-0.4, -0.2) is 30.8 Å². The number of halogens is 6. The van der Waals surface area contributed by atoms with Crippen molar-refractivity contribution < 1.29 is 45.3 Å². The smallest absolute Gasteiger partial charge is 0.465 e. The van der Waals surface area contributed by atoms with Crippen LogP contribution < -0.4 is 9.47 Å². The van der Waals surface area contributed by atoms with Crippen molar-refractivity contribution in [3.05, 3.63) is 66.4 Å². The number of methoxy groups -OCH3 is 1. The summed E-state index contributed by atoms with van der Waals surface area (Å²) in [6, 6.07) is 11.1. The van der Waals surface area contributed by atoms with Gasteiger partial charge >= 0.3 is 18.7 Å². The van der Waals surface area contributed by atoms with E-state index in [1.807, 2.05) is 0 Å². The molecule has 0 aliphatic heterocycles. The maximum absolute atomic E-state index is 12.5. The van der Waals surface area contributed by atoms with Crippen molar-refractivity contribution in [3.8, 4) is 33.9 Å². The molecule has 11 heteroatoms. The zero-order valence-electron chi connectivity index (χ0n) is 16.1. The minimum atomic E-state index is -4.91. The Morgan fingerprint density at radius 3 is 1.88 bits per heavy atom. The van der Waals surface area contributed by atoms with Crippen molar-refractivity contribution in [2.45, 2.75) is 12.7 Å². The van der Waals surface area contributed by atoms with Crippen LogP contribution in [0.3, 0.4) is 0 Å². The minimum absolute atomic E-state index is 0.0659. The van der Waals surface area contributed by atoms with Crippen LogP contribution in [0.4, 0.5) is 26.3 Å². The molecule has 0 aliphatic rings. The summed E-state index contributed by atoms with van der Waals surface area (Å²) < 4.78 is 87.6. The lowest BCUT2D eigenvalue weighted by molar-refractivity contribution is -0.275. The number of hydrogen-bond donors (Lipinski definition) is 0. The Balaban J connectivity index is 2.04. The molecule has 1 heterocycles. The molecule has 0 unspecified atom stereocenters. The number of rotatable bonds is 5. The van der Waals surface area contributed by atoms with Crippen molar-refractivity contribution in [1.29, 1.82) is 0 Å². The Morgan fingerprint density at radius 1 is 0.812 bits per heavy atom. The number of benzene rings is 2. The summed E-state index contributed by atoms with van der Waals surface area (Å²) in [6.45, 7) is 0. The topological polar surface area (TPSA) is 57.7 Å². The SMILES string of the molecule is COC(=O)c1cc(-c2cccc(OC(F)(F)F)c2)ncc1-c1cccc(OC(F)(F)F)c1. The maximum Gasteiger partial charge on any atom is 0.573 e. The fourth-order valence-electron chi connectivity index (χ4n) is 2.84. The van der Waals surface area contributed by atoms with E-state index >= 15 is 0 Å². The summed E-state index contributed by atoms with van der Waals surface area (Å²) in [4.78, 5) is 16.5. The molecule has 0 saturated heterocycles. The Bertz CT molecular complexity index is 1130. The lowest BCUT2D eigenvalue weighted by atomic mass is 9.99. The first-order valence-corrected chi connectivity index (χ1v) is 8.76. The van der Waals surface area contributed by atoms with Crippen molar-refractivity contribution >= 4 is 5.97 Å². The summed E-state index contributed by atoms with van der Waals surface area (Å²) in [5, 5.41) is 0. The molecule has 0 fully saturated rings. The van der Waals surface area contributed by atoms with E-state index in [1.165, 1.54) is 36.5 Å². The summed E-state index contributed by atoms with van der Waals surface area (Å²) in [5.41, 5.74) is 0.571. The van der Waals surface area contributed by atoms with Gasteiger partial charge in [0, 0.05) is 17.3 Å². The Hall–Kier alpha value is -3.76. The van der Waals surface area contributed by atoms with Gasteiger partial charge in [-0.1, -0.05) is 24.3 Å². The molecule has 32 heavy (non-hydrogen) atoms. The highest BCUT2D eigenvalue weighted by molar-refractivity contribution is 5.98. The van der Waals surface area contributed by atoms with Gasteiger partial charge in [-0.3, -0.25) is 4.98 Å². The highest BCUT2D eigenvalue weighted by Crippen LogP contribution is 2.33. The van der Waals surface area contributed by atoms with Gasteiger partial charge in [0.1, 0.15) is 11.5 Å². The lowest BCUT2D eigenvalue weighted by Crippen LogP contribution is -2.17. The Labute approximate surface area is 177 Å². The van der Waals surface area contributed by atoms with Gasteiger partial charge in [0.05, 0.1) is 18.4 Å². The largest absolute Gasteiger partial charge is 0.573 e. The molecule has 3 aromatic rings. The number of alkyl halides is 6. The molecule has 0 atom stereocenters. The van der Waals surface area contributed by atoms with E-state index in [9.17, 15) is 31.1 Å². The average Bonchev–Trinajstić information content (AvgIpc) is 2.70. The fraction of sp³-hybridized carbons (Fsp3) is 0.143. The number of pyridine rings is 1. The lowest BCUT2D eigenvalue weighted by Gasteiger charge is -2.13. The second kappa shape index (κ2) is 8.77. The molecular weight excluding hydrogens is 444 g/mol. The highest BCUT2D eigenvalue weighted by atomic mass is 19.4. The highest BCUT2D eigenvalue weighted by Gasteiger charge is 2.32. The summed E-state index contributed by atoms with van der Waals surface area (Å²) in [7, 11) is 1.10. The van der Waals surface area contributed by atoms with Gasteiger partial charge in [-0.05, 0) is 35.9 Å². The second-order valence-electron chi connectivity index (χ2n) is 6.26. The zero-order valence-corrected chi connectivity index (χ0v) is 16.1. The zero-order chi connectivity index (χ0) is 23.5. The molecule has 0 N–H and O–H groups in total. The summed E-state index contributed by atoms with van der Waals surface area (Å²) in [5.74, 6) is -1.82. The molecule has 1 aromatic heterocycles. The maximum atomic E-state index is 12.5. The number of esters is 1. The van der Waals surface area contributed by atoms with E-state index in [0.717, 1.165) is 31.4 Å². The number of aromatic nitrogens is 1. The van der Waals surface area contributed by atoms with Crippen LogP contribution in [0.15, 0.2) is 60.8 Å². The van der Waals surface area contributed by atoms with E-state index in [-0.39, 0.29) is 27.9 Å². The molecule has 0 spiro atoms. The molecule has 168 valence electrons. The van der Waals surface area contributed by atoms with Gasteiger partial charge in [-0.15, -0.1) is 26.3 Å². The van der Waals surface area contributed by atoms with Crippen LogP contribution in [0.25, 0.3) is 22.4 Å². The van der Waals surface area contributed by atoms with Gasteiger partial charge in [0.15, 0.2) is 0 Å². The van der Waals surface area contributed by atoms with Crippen LogP contribution in [-0.2, 0) is 4.74 Å². The molecular formula is C21H13F6NO4. The summed E-state index contributed by atoms with van der Waals surface area (Å²) in [6.07, 6.45) is -8.60. The van der Waals surface area contributed by atoms with Gasteiger partial charge in [0.2, 0.25) is 0 Å². The first-order chi connectivity index (χ1) is 14.9. The van der Waals surface area contributed by atoms with Crippen molar-refractivity contribution in [2.75, 3.05) is 7.11 Å². The predicted octanol–water partition coefficient (Wildman–Crippen LogP) is 6.00. The molecule has 0 amide bonds. The van der Waals surface area contributed by atoms with Gasteiger partial charge < -0.3 is 14.2 Å². The fourth-order valence-corrected chi connectivity index (χ4v) is 2.84. The number of carbonyl (C=O) groups is 1. The normalized spacial score (nSPS) is 11.7. The van der Waals surface area contributed by atoms with Crippen LogP contribution >= 0.6 is 0 Å². The van der Waals surface area contributed by atoms with Crippen LogP contribution in [0.2, 0.25) is 0 Å². The van der Waals surface area contributed by atoms with Crippen molar-refractivity contribution in [2.24, 2.45) is 0 Å². The quantitative estimate of drug-likeness (QED) is 0.348. The molecule has 2 aromatic carbocycles. The standard InChI is InChI=1S/C21H13F6NO4/c1-30-19(29)16-10-18(13-5-3-7-15(9-13)32-21(25,26)27)28-11-17(16)12-4-2-6-14(8-12)31-20(22,23)24/h2-11H,1H3. The number of carbonyl (C=O) groups excluding carboxylic acids is 1. The molecule has 0 radical (unpaired) electrons. The number of hydrogen-bond acceptors (Lipinski definition) is 5. The minimum Gasteiger partial charge on any atom is -0.465 e. The van der Waals surface area contributed by atoms with Crippen molar-refractivity contribution in [1.82, 2.24) is 4.98 Å². The van der Waals surface area contributed by atoms with E-state index < -0.39 is 30.2 Å². The van der Waals surface area contributed by atoms with Gasteiger partial charge in [0.25, 0.3) is 0 Å². The molecule has 3 rings (SSSR count). The third kappa shape index (κ3) is 5.90. The van der Waals surface area contributed by atoms with E-state index in [2.05, 4.69) is 14.5 Å². The third-order valence-corrected chi connectivity index (χ3v) is 4.05. The van der Waals surface area contributed by atoms with Gasteiger partial charge in [-0.2, -0.15) is 0 Å². The van der Waals surface area contributed by atoms with Crippen LogP contribution in [0.1, 0.15) is 10.4 Å². The Kier molecular flexibility index (Phi) is 6.28. The van der Waals surface area contributed by atoms with Crippen LogP contribution in [0.5, 0.6) is 11.5 Å². The molecule has 5 nitrogen and oxygen atoms in total. The number of ether oxygens (including phenoxy) is 3. The second-order valence-corrected chi connectivity index (χ2v) is 6.26.